The van der Waals surface area contributed by atoms with Crippen LogP contribution in [0.25, 0.3) is 22.6 Å². The minimum absolute atomic E-state index is 0.0188. The highest BCUT2D eigenvalue weighted by atomic mass is 16.5. The Hall–Kier alpha value is -4.06. The minimum Gasteiger partial charge on any atom is -0.497 e. The van der Waals surface area contributed by atoms with Gasteiger partial charge in [0.2, 0.25) is 0 Å². The lowest BCUT2D eigenvalue weighted by atomic mass is 9.84. The fraction of sp³-hybridized carbons (Fsp3) is 0.353. The lowest BCUT2D eigenvalue weighted by Gasteiger charge is -2.22. The second-order valence-corrected chi connectivity index (χ2v) is 11.1. The van der Waals surface area contributed by atoms with E-state index in [0.717, 1.165) is 56.4 Å². The monoisotopic (exact) mass is 539 g/mol. The summed E-state index contributed by atoms with van der Waals surface area (Å²) in [4.78, 5) is 21.5. The van der Waals surface area contributed by atoms with E-state index in [0.29, 0.717) is 12.5 Å². The maximum absolute atomic E-state index is 13.5. The first-order chi connectivity index (χ1) is 19.1. The smallest absolute Gasteiger partial charge is 0.252 e. The number of carbonyl (C=O) groups excluding carboxylic acids is 1. The van der Waals surface area contributed by atoms with Crippen molar-refractivity contribution in [1.29, 1.82) is 0 Å². The Bertz CT molecular complexity index is 1440. The van der Waals surface area contributed by atoms with Gasteiger partial charge in [0.15, 0.2) is 0 Å². The van der Waals surface area contributed by atoms with Gasteiger partial charge in [-0.1, -0.05) is 77.9 Å². The number of carbonyl (C=O) groups is 1. The number of aromatic nitrogens is 2. The largest absolute Gasteiger partial charge is 0.497 e. The molecule has 0 bridgehead atoms. The molecule has 2 N–H and O–H groups in total. The van der Waals surface area contributed by atoms with Gasteiger partial charge >= 0.3 is 0 Å². The summed E-state index contributed by atoms with van der Waals surface area (Å²) >= 11 is 0. The van der Waals surface area contributed by atoms with Crippen molar-refractivity contribution in [3.8, 4) is 34.1 Å². The molecule has 0 aliphatic rings. The van der Waals surface area contributed by atoms with Crippen LogP contribution < -0.4 is 14.8 Å². The highest BCUT2D eigenvalue weighted by Gasteiger charge is 2.22. The van der Waals surface area contributed by atoms with Gasteiger partial charge in [-0.25, -0.2) is 4.98 Å². The number of methoxy groups -OCH3 is 2. The molecule has 4 rings (SSSR count). The topological polar surface area (TPSA) is 76.2 Å². The van der Waals surface area contributed by atoms with E-state index in [1.54, 1.807) is 20.4 Å². The van der Waals surface area contributed by atoms with Crippen LogP contribution in [0.3, 0.4) is 0 Å². The van der Waals surface area contributed by atoms with E-state index in [-0.39, 0.29) is 17.7 Å². The Morgan fingerprint density at radius 3 is 2.05 bits per heavy atom. The number of imidazole rings is 1. The molecule has 3 aromatic carbocycles. The van der Waals surface area contributed by atoms with Crippen LogP contribution in [-0.4, -0.2) is 30.1 Å². The molecule has 210 valence electrons. The quantitative estimate of drug-likeness (QED) is 0.214. The zero-order chi connectivity index (χ0) is 29.0. The molecule has 0 saturated carbocycles. The molecule has 0 spiro atoms. The summed E-state index contributed by atoms with van der Waals surface area (Å²) in [6, 6.07) is 18.2. The van der Waals surface area contributed by atoms with Gasteiger partial charge < -0.3 is 19.8 Å². The zero-order valence-electron chi connectivity index (χ0n) is 24.9. The van der Waals surface area contributed by atoms with Crippen LogP contribution >= 0.6 is 0 Å². The molecule has 6 nitrogen and oxygen atoms in total. The molecule has 0 saturated heterocycles. The lowest BCUT2D eigenvalue weighted by molar-refractivity contribution is 0.0948. The van der Waals surface area contributed by atoms with E-state index in [1.807, 2.05) is 42.5 Å². The van der Waals surface area contributed by atoms with E-state index in [4.69, 9.17) is 9.47 Å². The average Bonchev–Trinajstić information content (AvgIpc) is 3.45. The Kier molecular flexibility index (Phi) is 8.98. The first-order valence-corrected chi connectivity index (χ1v) is 14.0. The van der Waals surface area contributed by atoms with Crippen molar-refractivity contribution in [3.05, 3.63) is 88.6 Å². The predicted octanol–water partition coefficient (Wildman–Crippen LogP) is 8.06. The molecule has 0 fully saturated rings. The Morgan fingerprint density at radius 1 is 0.850 bits per heavy atom. The number of benzene rings is 3. The number of H-pyrrole nitrogens is 1. The second kappa shape index (κ2) is 12.4. The van der Waals surface area contributed by atoms with Gasteiger partial charge in [0.25, 0.3) is 5.91 Å². The summed E-state index contributed by atoms with van der Waals surface area (Å²) in [5.74, 6) is 3.14. The number of rotatable bonds is 10. The van der Waals surface area contributed by atoms with Crippen molar-refractivity contribution in [2.24, 2.45) is 0 Å². The maximum Gasteiger partial charge on any atom is 0.252 e. The zero-order valence-corrected chi connectivity index (χ0v) is 24.9. The Balaban J connectivity index is 1.52. The summed E-state index contributed by atoms with van der Waals surface area (Å²) < 4.78 is 10.9. The van der Waals surface area contributed by atoms with Crippen molar-refractivity contribution in [2.45, 2.75) is 65.8 Å². The molecule has 1 heterocycles. The molecule has 4 aromatic rings. The molecule has 0 aliphatic carbocycles. The predicted molar refractivity (Wildman–Crippen MR) is 162 cm³/mol. The van der Waals surface area contributed by atoms with Gasteiger partial charge in [0, 0.05) is 23.2 Å². The van der Waals surface area contributed by atoms with Gasteiger partial charge in [-0.05, 0) is 58.2 Å². The number of ether oxygens (including phenoxy) is 2. The third-order valence-electron chi connectivity index (χ3n) is 7.31. The number of aromatic amines is 1. The van der Waals surface area contributed by atoms with E-state index in [9.17, 15) is 4.79 Å². The second-order valence-electron chi connectivity index (χ2n) is 11.1. The van der Waals surface area contributed by atoms with Crippen LogP contribution in [0.15, 0.2) is 60.8 Å². The fourth-order valence-corrected chi connectivity index (χ4v) is 4.90. The summed E-state index contributed by atoms with van der Waals surface area (Å²) in [5, 5.41) is 3.17. The molecular formula is C34H41N3O3. The van der Waals surface area contributed by atoms with Gasteiger partial charge in [-0.2, -0.15) is 0 Å². The van der Waals surface area contributed by atoms with Gasteiger partial charge in [-0.15, -0.1) is 0 Å². The van der Waals surface area contributed by atoms with Crippen LogP contribution in [0.1, 0.15) is 91.9 Å². The van der Waals surface area contributed by atoms with Crippen molar-refractivity contribution in [2.75, 3.05) is 14.2 Å². The molecule has 0 aliphatic heterocycles. The average molecular weight is 540 g/mol. The molecule has 1 amide bonds. The van der Waals surface area contributed by atoms with E-state index in [2.05, 4.69) is 69.0 Å². The molecule has 1 aromatic heterocycles. The van der Waals surface area contributed by atoms with Crippen LogP contribution in [-0.2, 0) is 6.54 Å². The molecular weight excluding hydrogens is 498 g/mol. The number of nitrogens with one attached hydrogen (secondary N) is 2. The van der Waals surface area contributed by atoms with Crippen LogP contribution in [0.4, 0.5) is 0 Å². The highest BCUT2D eigenvalue weighted by molar-refractivity contribution is 5.97. The SMILES string of the molecule is COc1ccc(OC)c(-c2cnc(-c3ccc(CNC(=O)c4c(C(C)C)cc(C(C)C)cc4C(C)C)cc3)[nH]2)c1. The molecule has 0 radical (unpaired) electrons. The first kappa shape index (κ1) is 28.9. The standard InChI is InChI=1S/C34H41N3O3/c1-20(2)25-15-27(21(3)4)32(28(16-25)22(5)6)34(38)36-18-23-9-11-24(12-10-23)33-35-19-30(37-33)29-17-26(39-7)13-14-31(29)40-8/h9-17,19-22H,18H2,1-8H3,(H,35,37)(H,36,38). The van der Waals surface area contributed by atoms with Crippen LogP contribution in [0, 0.1) is 0 Å². The van der Waals surface area contributed by atoms with Crippen LogP contribution in [0.2, 0.25) is 0 Å². The van der Waals surface area contributed by atoms with Crippen molar-refractivity contribution in [1.82, 2.24) is 15.3 Å². The molecule has 0 unspecified atom stereocenters. The van der Waals surface area contributed by atoms with Crippen molar-refractivity contribution >= 4 is 5.91 Å². The summed E-state index contributed by atoms with van der Waals surface area (Å²) in [7, 11) is 3.29. The van der Waals surface area contributed by atoms with Crippen LogP contribution in [0.5, 0.6) is 11.5 Å². The summed E-state index contributed by atoms with van der Waals surface area (Å²) in [5.41, 5.74) is 8.03. The summed E-state index contributed by atoms with van der Waals surface area (Å²) in [6.45, 7) is 13.5. The van der Waals surface area contributed by atoms with E-state index >= 15 is 0 Å². The third-order valence-corrected chi connectivity index (χ3v) is 7.31. The Morgan fingerprint density at radius 2 is 1.50 bits per heavy atom. The normalized spacial score (nSPS) is 11.4. The minimum atomic E-state index is -0.0188. The number of nitrogens with zero attached hydrogens (tertiary/aromatic N) is 1. The number of amides is 1. The van der Waals surface area contributed by atoms with Gasteiger partial charge in [0.05, 0.1) is 26.1 Å². The molecule has 0 atom stereocenters. The van der Waals surface area contributed by atoms with Crippen molar-refractivity contribution in [3.63, 3.8) is 0 Å². The Labute approximate surface area is 238 Å². The van der Waals surface area contributed by atoms with E-state index < -0.39 is 0 Å². The van der Waals surface area contributed by atoms with Crippen molar-refractivity contribution < 1.29 is 14.3 Å². The maximum atomic E-state index is 13.5. The lowest BCUT2D eigenvalue weighted by Crippen LogP contribution is -2.26. The summed E-state index contributed by atoms with van der Waals surface area (Å²) in [6.07, 6.45) is 1.80. The molecule has 40 heavy (non-hydrogen) atoms. The third kappa shape index (κ3) is 6.22. The van der Waals surface area contributed by atoms with Gasteiger partial charge in [-0.3, -0.25) is 4.79 Å². The number of hydrogen-bond acceptors (Lipinski definition) is 4. The highest BCUT2D eigenvalue weighted by Crippen LogP contribution is 2.34. The van der Waals surface area contributed by atoms with E-state index in [1.165, 1.54) is 5.56 Å². The number of hydrogen-bond donors (Lipinski definition) is 2. The van der Waals surface area contributed by atoms with Gasteiger partial charge in [0.1, 0.15) is 17.3 Å². The first-order valence-electron chi connectivity index (χ1n) is 14.0. The molecule has 6 heteroatoms. The fourth-order valence-electron chi connectivity index (χ4n) is 4.90.